The van der Waals surface area contributed by atoms with E-state index in [4.69, 9.17) is 0 Å². The maximum atomic E-state index is 13.4. The van der Waals surface area contributed by atoms with Crippen molar-refractivity contribution < 1.29 is 14.7 Å². The minimum Gasteiger partial charge on any atom is -0.396 e. The number of aliphatic hydroxyl groups excluding tert-OH is 1. The zero-order valence-corrected chi connectivity index (χ0v) is 20.3. The minimum atomic E-state index is -0.568. The van der Waals surface area contributed by atoms with Crippen LogP contribution in [0.5, 0.6) is 0 Å². The van der Waals surface area contributed by atoms with E-state index in [1.807, 2.05) is 38.1 Å². The van der Waals surface area contributed by atoms with Gasteiger partial charge in [0.1, 0.15) is 6.04 Å². The highest BCUT2D eigenvalue weighted by atomic mass is 16.3. The molecular formula is C26H37N5O3. The van der Waals surface area contributed by atoms with E-state index in [0.717, 1.165) is 61.0 Å². The number of carbonyl (C=O) groups is 2. The van der Waals surface area contributed by atoms with Crippen molar-refractivity contribution in [2.75, 3.05) is 18.5 Å². The number of likely N-dealkylation sites (tertiary alicyclic amines) is 1. The molecule has 2 aliphatic rings. The van der Waals surface area contributed by atoms with Crippen LogP contribution in [-0.4, -0.2) is 57.4 Å². The summed E-state index contributed by atoms with van der Waals surface area (Å²) in [4.78, 5) is 28.3. The Kier molecular flexibility index (Phi) is 7.88. The van der Waals surface area contributed by atoms with E-state index in [1.165, 1.54) is 6.42 Å². The molecule has 1 saturated heterocycles. The monoisotopic (exact) mass is 467 g/mol. The molecule has 4 rings (SSSR count). The van der Waals surface area contributed by atoms with Crippen LogP contribution in [0, 0.1) is 19.8 Å². The van der Waals surface area contributed by atoms with Gasteiger partial charge in [0.25, 0.3) is 0 Å². The van der Waals surface area contributed by atoms with E-state index in [2.05, 4.69) is 20.8 Å². The third-order valence-electron chi connectivity index (χ3n) is 7.35. The first kappa shape index (κ1) is 24.3. The highest BCUT2D eigenvalue weighted by molar-refractivity contribution is 5.97. The summed E-state index contributed by atoms with van der Waals surface area (Å²) >= 11 is 0. The van der Waals surface area contributed by atoms with E-state index in [1.54, 1.807) is 4.90 Å². The quantitative estimate of drug-likeness (QED) is 0.490. The fraction of sp³-hybridized carbons (Fsp3) is 0.577. The number of rotatable bonds is 7. The number of nitrogens with zero attached hydrogens (tertiary/aromatic N) is 2. The summed E-state index contributed by atoms with van der Waals surface area (Å²) in [5.41, 5.74) is 4.78. The van der Waals surface area contributed by atoms with Gasteiger partial charge >= 0.3 is 6.03 Å². The largest absolute Gasteiger partial charge is 0.396 e. The number of amides is 3. The van der Waals surface area contributed by atoms with Crippen LogP contribution in [0.3, 0.4) is 0 Å². The van der Waals surface area contributed by atoms with Crippen molar-refractivity contribution in [3.05, 3.63) is 35.7 Å². The number of carbonyl (C=O) groups excluding carboxylic acids is 2. The summed E-state index contributed by atoms with van der Waals surface area (Å²) in [5, 5.41) is 22.7. The van der Waals surface area contributed by atoms with Gasteiger partial charge in [-0.2, -0.15) is 5.10 Å². The molecule has 1 unspecified atom stereocenters. The van der Waals surface area contributed by atoms with Gasteiger partial charge in [-0.15, -0.1) is 0 Å². The van der Waals surface area contributed by atoms with Gasteiger partial charge in [-0.05, 0) is 69.6 Å². The molecule has 2 heterocycles. The van der Waals surface area contributed by atoms with Crippen molar-refractivity contribution in [3.8, 4) is 11.1 Å². The molecule has 8 nitrogen and oxygen atoms in total. The minimum absolute atomic E-state index is 0.0439. The number of aliphatic hydroxyl groups is 1. The molecule has 2 aromatic rings. The zero-order chi connectivity index (χ0) is 24.1. The molecule has 0 bridgehead atoms. The van der Waals surface area contributed by atoms with Gasteiger partial charge in [0.2, 0.25) is 5.91 Å². The lowest BCUT2D eigenvalue weighted by molar-refractivity contribution is -0.119. The lowest BCUT2D eigenvalue weighted by atomic mass is 9.83. The molecule has 0 radical (unpaired) electrons. The fourth-order valence-electron chi connectivity index (χ4n) is 5.55. The number of aryl methyl sites for hydroxylation is 2. The maximum Gasteiger partial charge on any atom is 0.318 e. The molecule has 1 aliphatic carbocycles. The number of nitrogens with one attached hydrogen (secondary N) is 3. The Morgan fingerprint density at radius 1 is 1.12 bits per heavy atom. The Bertz CT molecular complexity index is 961. The van der Waals surface area contributed by atoms with E-state index < -0.39 is 6.04 Å². The van der Waals surface area contributed by atoms with E-state index >= 15 is 0 Å². The van der Waals surface area contributed by atoms with Crippen molar-refractivity contribution in [1.82, 2.24) is 20.4 Å². The number of aromatic amines is 1. The fourth-order valence-corrected chi connectivity index (χ4v) is 5.55. The Balaban J connectivity index is 1.46. The second kappa shape index (κ2) is 11.0. The van der Waals surface area contributed by atoms with Crippen LogP contribution in [0.1, 0.15) is 62.8 Å². The van der Waals surface area contributed by atoms with Crippen LogP contribution in [0.2, 0.25) is 0 Å². The first-order valence-corrected chi connectivity index (χ1v) is 12.6. The standard InChI is InChI=1S/C26H37N5O3/c1-17-23(18(2)30-29-17)19-10-12-21(13-11-19)27-25(33)24(20-7-4-3-5-8-20)28-26(34)31-15-6-9-22(31)14-16-32/h10-13,20,22,24,32H,3-9,14-16H2,1-2H3,(H,27,33)(H,28,34)(H,29,30)/t22?,24-/m0/s1. The molecule has 34 heavy (non-hydrogen) atoms. The Morgan fingerprint density at radius 3 is 2.50 bits per heavy atom. The topological polar surface area (TPSA) is 110 Å². The number of hydrogen-bond acceptors (Lipinski definition) is 4. The van der Waals surface area contributed by atoms with Gasteiger partial charge in [-0.3, -0.25) is 9.89 Å². The van der Waals surface area contributed by atoms with Gasteiger partial charge in [0.05, 0.1) is 5.69 Å². The Morgan fingerprint density at radius 2 is 1.85 bits per heavy atom. The highest BCUT2D eigenvalue weighted by Crippen LogP contribution is 2.29. The molecule has 1 aromatic heterocycles. The lowest BCUT2D eigenvalue weighted by Gasteiger charge is -2.33. The summed E-state index contributed by atoms with van der Waals surface area (Å²) in [6, 6.07) is 7.05. The average molecular weight is 468 g/mol. The Labute approximate surface area is 201 Å². The predicted octanol–water partition coefficient (Wildman–Crippen LogP) is 4.14. The van der Waals surface area contributed by atoms with Gasteiger partial charge in [-0.1, -0.05) is 31.4 Å². The summed E-state index contributed by atoms with van der Waals surface area (Å²) < 4.78 is 0. The van der Waals surface area contributed by atoms with Crippen LogP contribution >= 0.6 is 0 Å². The van der Waals surface area contributed by atoms with Gasteiger partial charge < -0.3 is 20.6 Å². The summed E-state index contributed by atoms with van der Waals surface area (Å²) in [7, 11) is 0. The summed E-state index contributed by atoms with van der Waals surface area (Å²) in [5.74, 6) is -0.0336. The second-order valence-electron chi connectivity index (χ2n) is 9.70. The third kappa shape index (κ3) is 5.43. The van der Waals surface area contributed by atoms with E-state index in [-0.39, 0.29) is 30.5 Å². The first-order chi connectivity index (χ1) is 16.5. The maximum absolute atomic E-state index is 13.4. The normalized spacial score (nSPS) is 19.7. The second-order valence-corrected chi connectivity index (χ2v) is 9.70. The number of urea groups is 1. The van der Waals surface area contributed by atoms with Crippen LogP contribution in [0.4, 0.5) is 10.5 Å². The van der Waals surface area contributed by atoms with Crippen molar-refractivity contribution in [3.63, 3.8) is 0 Å². The molecule has 2 atom stereocenters. The third-order valence-corrected chi connectivity index (χ3v) is 7.35. The van der Waals surface area contributed by atoms with Gasteiger partial charge in [0.15, 0.2) is 0 Å². The average Bonchev–Trinajstić information content (AvgIpc) is 3.44. The van der Waals surface area contributed by atoms with Gasteiger partial charge in [0, 0.05) is 36.1 Å². The number of hydrogen-bond donors (Lipinski definition) is 4. The van der Waals surface area contributed by atoms with Crippen LogP contribution < -0.4 is 10.6 Å². The van der Waals surface area contributed by atoms with Crippen LogP contribution in [0.15, 0.2) is 24.3 Å². The number of H-pyrrole nitrogens is 1. The van der Waals surface area contributed by atoms with Crippen molar-refractivity contribution in [1.29, 1.82) is 0 Å². The number of anilines is 1. The molecular weight excluding hydrogens is 430 g/mol. The summed E-state index contributed by atoms with van der Waals surface area (Å²) in [6.45, 7) is 4.70. The SMILES string of the molecule is Cc1n[nH]c(C)c1-c1ccc(NC(=O)[C@@H](NC(=O)N2CCCC2CCO)C2CCCCC2)cc1. The molecule has 4 N–H and O–H groups in total. The number of benzene rings is 1. The van der Waals surface area contributed by atoms with Crippen molar-refractivity contribution in [2.45, 2.75) is 77.3 Å². The van der Waals surface area contributed by atoms with E-state index in [9.17, 15) is 14.7 Å². The molecule has 2 fully saturated rings. The van der Waals surface area contributed by atoms with Crippen LogP contribution in [0.25, 0.3) is 11.1 Å². The smallest absolute Gasteiger partial charge is 0.318 e. The van der Waals surface area contributed by atoms with Crippen molar-refractivity contribution in [2.24, 2.45) is 5.92 Å². The predicted molar refractivity (Wildman–Crippen MR) is 132 cm³/mol. The molecule has 3 amide bonds. The molecule has 184 valence electrons. The van der Waals surface area contributed by atoms with Gasteiger partial charge in [-0.25, -0.2) is 4.79 Å². The molecule has 0 spiro atoms. The zero-order valence-electron chi connectivity index (χ0n) is 20.3. The van der Waals surface area contributed by atoms with Crippen LogP contribution in [-0.2, 0) is 4.79 Å². The Hall–Kier alpha value is -2.87. The molecule has 8 heteroatoms. The highest BCUT2D eigenvalue weighted by Gasteiger charge is 2.35. The molecule has 1 aliphatic heterocycles. The summed E-state index contributed by atoms with van der Waals surface area (Å²) in [6.07, 6.45) is 7.63. The lowest BCUT2D eigenvalue weighted by Crippen LogP contribution is -2.54. The number of aromatic nitrogens is 2. The molecule has 1 saturated carbocycles. The van der Waals surface area contributed by atoms with E-state index in [0.29, 0.717) is 18.7 Å². The van der Waals surface area contributed by atoms with Crippen molar-refractivity contribution >= 4 is 17.6 Å². The molecule has 1 aromatic carbocycles. The first-order valence-electron chi connectivity index (χ1n) is 12.6.